The van der Waals surface area contributed by atoms with E-state index in [9.17, 15) is 13.2 Å². The van der Waals surface area contributed by atoms with E-state index in [2.05, 4.69) is 10.1 Å². The Morgan fingerprint density at radius 3 is 2.69 bits per heavy atom. The number of thiophene rings is 1. The van der Waals surface area contributed by atoms with Crippen LogP contribution in [0, 0.1) is 11.3 Å². The van der Waals surface area contributed by atoms with Crippen molar-refractivity contribution < 1.29 is 13.2 Å². The number of benzene rings is 2. The largest absolute Gasteiger partial charge is 0.287 e. The molecule has 5 rings (SSSR count). The summed E-state index contributed by atoms with van der Waals surface area (Å²) in [4.78, 5) is 17.9. The molecular weight excluding hydrogens is 482 g/mol. The Kier molecular flexibility index (Phi) is 5.64. The Hall–Kier alpha value is -4.33. The Balaban J connectivity index is 1.54. The Morgan fingerprint density at radius 2 is 1.91 bits per heavy atom. The van der Waals surface area contributed by atoms with Crippen LogP contribution in [0.25, 0.3) is 16.9 Å². The van der Waals surface area contributed by atoms with Crippen molar-refractivity contribution in [2.75, 3.05) is 11.4 Å². The third-order valence-electron chi connectivity index (χ3n) is 5.52. The highest BCUT2D eigenvalue weighted by Gasteiger charge is 2.23. The van der Waals surface area contributed by atoms with Gasteiger partial charge in [0.25, 0.3) is 10.0 Å². The van der Waals surface area contributed by atoms with Crippen LogP contribution in [0.4, 0.5) is 5.69 Å². The van der Waals surface area contributed by atoms with Crippen LogP contribution in [0.1, 0.15) is 20.8 Å². The number of sulfonamides is 1. The molecule has 0 spiro atoms. The number of carbonyl (C=O) groups excluding carboxylic acids is 1. The first-order valence-electron chi connectivity index (χ1n) is 10.4. The fraction of sp³-hybridized carbons (Fsp3) is 0.0400. The number of rotatable bonds is 6. The summed E-state index contributed by atoms with van der Waals surface area (Å²) in [7, 11) is -2.43. The van der Waals surface area contributed by atoms with Crippen molar-refractivity contribution >= 4 is 38.5 Å². The smallest absolute Gasteiger partial charge is 0.264 e. The van der Waals surface area contributed by atoms with Gasteiger partial charge in [-0.25, -0.2) is 17.9 Å². The second-order valence-electron chi connectivity index (χ2n) is 7.59. The van der Waals surface area contributed by atoms with Gasteiger partial charge in [-0.2, -0.15) is 10.4 Å². The van der Waals surface area contributed by atoms with Crippen LogP contribution >= 0.6 is 11.3 Å². The molecule has 0 fully saturated rings. The van der Waals surface area contributed by atoms with Crippen LogP contribution in [-0.4, -0.2) is 35.8 Å². The lowest BCUT2D eigenvalue weighted by molar-refractivity contribution is 0.104. The predicted molar refractivity (Wildman–Crippen MR) is 133 cm³/mol. The van der Waals surface area contributed by atoms with Crippen molar-refractivity contribution in [2.45, 2.75) is 4.90 Å². The van der Waals surface area contributed by atoms with E-state index in [1.54, 1.807) is 47.1 Å². The minimum Gasteiger partial charge on any atom is -0.287 e. The lowest BCUT2D eigenvalue weighted by Crippen LogP contribution is -2.26. The van der Waals surface area contributed by atoms with Gasteiger partial charge in [0.05, 0.1) is 44.5 Å². The number of nitriles is 1. The molecule has 3 aromatic heterocycles. The van der Waals surface area contributed by atoms with Crippen LogP contribution < -0.4 is 4.31 Å². The second-order valence-corrected chi connectivity index (χ2v) is 10.5. The molecule has 0 unspecified atom stereocenters. The van der Waals surface area contributed by atoms with Gasteiger partial charge in [0.2, 0.25) is 5.78 Å². The summed E-state index contributed by atoms with van der Waals surface area (Å²) < 4.78 is 29.1. The van der Waals surface area contributed by atoms with Gasteiger partial charge < -0.3 is 0 Å². The van der Waals surface area contributed by atoms with E-state index in [-0.39, 0.29) is 16.2 Å². The maximum absolute atomic E-state index is 13.2. The molecule has 0 aliphatic heterocycles. The highest BCUT2D eigenvalue weighted by molar-refractivity contribution is 7.92. The van der Waals surface area contributed by atoms with Gasteiger partial charge >= 0.3 is 0 Å². The third-order valence-corrected chi connectivity index (χ3v) is 8.17. The number of hydrogen-bond donors (Lipinski definition) is 0. The first-order valence-corrected chi connectivity index (χ1v) is 12.7. The predicted octanol–water partition coefficient (Wildman–Crippen LogP) is 4.39. The van der Waals surface area contributed by atoms with Crippen LogP contribution in [0.5, 0.6) is 0 Å². The van der Waals surface area contributed by atoms with Crippen molar-refractivity contribution in [3.63, 3.8) is 0 Å². The Labute approximate surface area is 205 Å². The zero-order chi connectivity index (χ0) is 24.6. The molecule has 35 heavy (non-hydrogen) atoms. The number of ketones is 1. The van der Waals surface area contributed by atoms with E-state index in [0.29, 0.717) is 33.0 Å². The standard InChI is InChI=1S/C25H17N5O3S2/c1-29(35(32,33)20-8-2-5-17(13-20)15-26)19-7-3-6-18(14-19)22-10-11-27-25-21(16-28-30(22)25)24(31)23-9-4-12-34-23/h2-14,16H,1H3. The zero-order valence-corrected chi connectivity index (χ0v) is 20.0. The van der Waals surface area contributed by atoms with Crippen LogP contribution in [0.15, 0.2) is 89.4 Å². The molecule has 0 bridgehead atoms. The van der Waals surface area contributed by atoms with E-state index in [1.807, 2.05) is 23.6 Å². The summed E-state index contributed by atoms with van der Waals surface area (Å²) in [5.41, 5.74) is 2.85. The van der Waals surface area contributed by atoms with E-state index in [4.69, 9.17) is 5.26 Å². The molecule has 8 nitrogen and oxygen atoms in total. The van der Waals surface area contributed by atoms with Gasteiger partial charge in [-0.1, -0.05) is 24.3 Å². The number of nitrogens with zero attached hydrogens (tertiary/aromatic N) is 5. The SMILES string of the molecule is CN(c1cccc(-c2ccnc3c(C(=O)c4cccs4)cnn23)c1)S(=O)(=O)c1cccc(C#N)c1. The number of hydrogen-bond acceptors (Lipinski definition) is 7. The summed E-state index contributed by atoms with van der Waals surface area (Å²) in [5.74, 6) is -0.154. The van der Waals surface area contributed by atoms with Crippen molar-refractivity contribution in [3.05, 3.63) is 101 Å². The molecular formula is C25H17N5O3S2. The highest BCUT2D eigenvalue weighted by Crippen LogP contribution is 2.29. The van der Waals surface area contributed by atoms with E-state index in [0.717, 1.165) is 0 Å². The lowest BCUT2D eigenvalue weighted by atomic mass is 10.1. The van der Waals surface area contributed by atoms with Gasteiger partial charge in [-0.15, -0.1) is 11.3 Å². The topological polar surface area (TPSA) is 108 Å². The minimum atomic E-state index is -3.89. The van der Waals surface area contributed by atoms with Crippen LogP contribution in [-0.2, 0) is 10.0 Å². The first kappa shape index (κ1) is 22.5. The highest BCUT2D eigenvalue weighted by atomic mass is 32.2. The fourth-order valence-electron chi connectivity index (χ4n) is 3.69. The molecule has 0 aliphatic carbocycles. The fourth-order valence-corrected chi connectivity index (χ4v) is 5.61. The molecule has 3 heterocycles. The zero-order valence-electron chi connectivity index (χ0n) is 18.4. The monoisotopic (exact) mass is 499 g/mol. The maximum Gasteiger partial charge on any atom is 0.264 e. The van der Waals surface area contributed by atoms with Gasteiger partial charge in [0.1, 0.15) is 0 Å². The summed E-state index contributed by atoms with van der Waals surface area (Å²) in [6, 6.07) is 20.2. The number of carbonyl (C=O) groups is 1. The molecule has 0 atom stereocenters. The van der Waals surface area contributed by atoms with Gasteiger partial charge in [-0.3, -0.25) is 9.10 Å². The molecule has 0 saturated carbocycles. The van der Waals surface area contributed by atoms with Gasteiger partial charge in [0.15, 0.2) is 5.65 Å². The number of fused-ring (bicyclic) bond motifs is 1. The van der Waals surface area contributed by atoms with Crippen molar-refractivity contribution in [1.29, 1.82) is 5.26 Å². The van der Waals surface area contributed by atoms with Crippen molar-refractivity contribution in [3.8, 4) is 17.3 Å². The molecule has 0 radical (unpaired) electrons. The summed E-state index contributed by atoms with van der Waals surface area (Å²) in [6.07, 6.45) is 3.09. The molecule has 0 saturated heterocycles. The van der Waals surface area contributed by atoms with E-state index < -0.39 is 10.0 Å². The van der Waals surface area contributed by atoms with Crippen molar-refractivity contribution in [2.24, 2.45) is 0 Å². The van der Waals surface area contributed by atoms with E-state index in [1.165, 1.54) is 47.1 Å². The maximum atomic E-state index is 13.2. The van der Waals surface area contributed by atoms with Gasteiger partial charge in [-0.05, 0) is 47.8 Å². The second kappa shape index (κ2) is 8.79. The molecule has 0 N–H and O–H groups in total. The Morgan fingerprint density at radius 1 is 1.09 bits per heavy atom. The third kappa shape index (κ3) is 3.97. The van der Waals surface area contributed by atoms with Crippen LogP contribution in [0.2, 0.25) is 0 Å². The average molecular weight is 500 g/mol. The van der Waals surface area contributed by atoms with Gasteiger partial charge in [0, 0.05) is 18.8 Å². The molecule has 0 amide bonds. The average Bonchev–Trinajstić information content (AvgIpc) is 3.58. The molecule has 172 valence electrons. The van der Waals surface area contributed by atoms with E-state index >= 15 is 0 Å². The molecule has 5 aromatic rings. The quantitative estimate of drug-likeness (QED) is 0.321. The lowest BCUT2D eigenvalue weighted by Gasteiger charge is -2.20. The first-order chi connectivity index (χ1) is 16.9. The summed E-state index contributed by atoms with van der Waals surface area (Å²) in [6.45, 7) is 0. The molecule has 2 aromatic carbocycles. The van der Waals surface area contributed by atoms with Crippen molar-refractivity contribution in [1.82, 2.24) is 14.6 Å². The molecule has 10 heteroatoms. The number of aromatic nitrogens is 3. The minimum absolute atomic E-state index is 0.0274. The summed E-state index contributed by atoms with van der Waals surface area (Å²) in [5, 5.41) is 15.4. The summed E-state index contributed by atoms with van der Waals surface area (Å²) >= 11 is 1.35. The van der Waals surface area contributed by atoms with Crippen LogP contribution in [0.3, 0.4) is 0 Å². The Bertz CT molecular complexity index is 1720. The number of anilines is 1. The normalized spacial score (nSPS) is 11.3. The molecule has 0 aliphatic rings.